The number of hydrogen-bond acceptors (Lipinski definition) is 7. The third-order valence-electron chi connectivity index (χ3n) is 6.78. The van der Waals surface area contributed by atoms with Crippen LogP contribution in [0.4, 0.5) is 5.69 Å². The average molecular weight is 393 g/mol. The third kappa shape index (κ3) is 2.33. The minimum atomic E-state index is -0.592. The van der Waals surface area contributed by atoms with Gasteiger partial charge in [-0.15, -0.1) is 5.10 Å². The quantitative estimate of drug-likeness (QED) is 0.675. The highest BCUT2D eigenvalue weighted by molar-refractivity contribution is 5.68. The van der Waals surface area contributed by atoms with E-state index in [4.69, 9.17) is 14.8 Å². The lowest BCUT2D eigenvalue weighted by Gasteiger charge is -2.41. The van der Waals surface area contributed by atoms with Gasteiger partial charge in [-0.3, -0.25) is 9.89 Å². The van der Waals surface area contributed by atoms with Crippen LogP contribution in [0.3, 0.4) is 0 Å². The number of aromatic amines is 1. The molecule has 4 aliphatic rings. The first-order chi connectivity index (χ1) is 14.1. The molecular weight excluding hydrogens is 370 g/mol. The smallest absolute Gasteiger partial charge is 0.214 e. The number of H-pyrrole nitrogens is 1. The summed E-state index contributed by atoms with van der Waals surface area (Å²) in [6, 6.07) is 2.20. The Morgan fingerprint density at radius 1 is 1.38 bits per heavy atom. The van der Waals surface area contributed by atoms with Crippen molar-refractivity contribution in [3.63, 3.8) is 0 Å². The lowest BCUT2D eigenvalue weighted by atomic mass is 9.63. The number of aromatic nitrogens is 6. The van der Waals surface area contributed by atoms with E-state index in [9.17, 15) is 4.79 Å². The fourth-order valence-electron chi connectivity index (χ4n) is 5.29. The van der Waals surface area contributed by atoms with Gasteiger partial charge in [0.05, 0.1) is 24.4 Å². The molecular formula is C20H23N7O2. The number of fused-ring (bicyclic) bond motifs is 2. The molecule has 3 aliphatic heterocycles. The SMILES string of the molecule is Cc1cc(N2CCC(C)C2)cn2nc(C34CC(CO3)C4c3nc(C=O)n[nH]3)nc12. The molecule has 3 aromatic rings. The Kier molecular flexibility index (Phi) is 3.45. The van der Waals surface area contributed by atoms with E-state index in [0.717, 1.165) is 30.7 Å². The standard InChI is InChI=1S/C20H23N7O2/c1-11-3-4-26(7-11)14-5-12(2)18-22-19(25-27(18)8-14)20-6-13(10-29-20)16(20)17-21-15(9-28)23-24-17/h5,8-9,11,13,16H,3-4,6-7,10H2,1-2H3,(H,21,23,24). The summed E-state index contributed by atoms with van der Waals surface area (Å²) in [5.74, 6) is 2.61. The summed E-state index contributed by atoms with van der Waals surface area (Å²) < 4.78 is 8.09. The zero-order valence-corrected chi connectivity index (χ0v) is 16.5. The lowest BCUT2D eigenvalue weighted by Crippen LogP contribution is -2.44. The van der Waals surface area contributed by atoms with Gasteiger partial charge in [0.2, 0.25) is 5.82 Å². The summed E-state index contributed by atoms with van der Waals surface area (Å²) in [6.45, 7) is 7.18. The highest BCUT2D eigenvalue weighted by Crippen LogP contribution is 2.63. The first kappa shape index (κ1) is 17.1. The number of hydrogen-bond donors (Lipinski definition) is 1. The van der Waals surface area contributed by atoms with Crippen molar-refractivity contribution in [2.75, 3.05) is 24.6 Å². The minimum Gasteiger partial charge on any atom is -0.370 e. The maximum atomic E-state index is 11.0. The summed E-state index contributed by atoms with van der Waals surface area (Å²) in [7, 11) is 0. The number of anilines is 1. The molecule has 4 atom stereocenters. The molecule has 9 nitrogen and oxygen atoms in total. The Hall–Kier alpha value is -2.81. The third-order valence-corrected chi connectivity index (χ3v) is 6.78. The number of carbonyl (C=O) groups excluding carboxylic acids is 1. The molecule has 1 aliphatic carbocycles. The van der Waals surface area contributed by atoms with E-state index in [0.29, 0.717) is 36.4 Å². The van der Waals surface area contributed by atoms with Gasteiger partial charge >= 0.3 is 0 Å². The van der Waals surface area contributed by atoms with Gasteiger partial charge in [0.1, 0.15) is 11.4 Å². The van der Waals surface area contributed by atoms with Crippen LogP contribution in [0, 0.1) is 18.8 Å². The van der Waals surface area contributed by atoms with Crippen molar-refractivity contribution in [1.82, 2.24) is 29.8 Å². The second kappa shape index (κ2) is 5.85. The Morgan fingerprint density at radius 3 is 3.00 bits per heavy atom. The number of nitrogens with zero attached hydrogens (tertiary/aromatic N) is 6. The predicted molar refractivity (Wildman–Crippen MR) is 104 cm³/mol. The largest absolute Gasteiger partial charge is 0.370 e. The zero-order chi connectivity index (χ0) is 19.8. The highest BCUT2D eigenvalue weighted by atomic mass is 16.5. The van der Waals surface area contributed by atoms with Gasteiger partial charge in [-0.1, -0.05) is 6.92 Å². The average Bonchev–Trinajstić information content (AvgIpc) is 3.48. The van der Waals surface area contributed by atoms with E-state index in [1.54, 1.807) is 0 Å². The van der Waals surface area contributed by atoms with Gasteiger partial charge < -0.3 is 9.64 Å². The summed E-state index contributed by atoms with van der Waals surface area (Å²) in [6.07, 6.45) is 4.81. The van der Waals surface area contributed by atoms with E-state index in [2.05, 4.69) is 46.2 Å². The van der Waals surface area contributed by atoms with Crippen LogP contribution in [-0.4, -0.2) is 55.8 Å². The van der Waals surface area contributed by atoms with Crippen LogP contribution in [0.2, 0.25) is 0 Å². The number of pyridine rings is 1. The molecule has 3 aromatic heterocycles. The van der Waals surface area contributed by atoms with Crippen molar-refractivity contribution in [2.45, 2.75) is 38.2 Å². The Balaban J connectivity index is 1.40. The first-order valence-corrected chi connectivity index (χ1v) is 10.2. The van der Waals surface area contributed by atoms with Gasteiger partial charge in [0, 0.05) is 13.1 Å². The number of carbonyl (C=O) groups is 1. The van der Waals surface area contributed by atoms with Gasteiger partial charge in [-0.25, -0.2) is 14.5 Å². The second-order valence-electron chi connectivity index (χ2n) is 8.76. The summed E-state index contributed by atoms with van der Waals surface area (Å²) in [4.78, 5) is 22.6. The Bertz CT molecular complexity index is 1120. The molecule has 4 fully saturated rings. The molecule has 1 N–H and O–H groups in total. The van der Waals surface area contributed by atoms with E-state index in [1.807, 2.05) is 4.52 Å². The molecule has 4 unspecified atom stereocenters. The fourth-order valence-corrected chi connectivity index (χ4v) is 5.29. The van der Waals surface area contributed by atoms with Crippen LogP contribution in [0.25, 0.3) is 5.65 Å². The first-order valence-electron chi connectivity index (χ1n) is 10.2. The van der Waals surface area contributed by atoms with Crippen molar-refractivity contribution >= 4 is 17.6 Å². The molecule has 0 amide bonds. The molecule has 6 heterocycles. The van der Waals surface area contributed by atoms with Crippen molar-refractivity contribution in [3.05, 3.63) is 35.3 Å². The number of nitrogens with one attached hydrogen (secondary N) is 1. The second-order valence-corrected chi connectivity index (χ2v) is 8.76. The van der Waals surface area contributed by atoms with Gasteiger partial charge in [0.25, 0.3) is 0 Å². The zero-order valence-electron chi connectivity index (χ0n) is 16.5. The van der Waals surface area contributed by atoms with Crippen LogP contribution >= 0.6 is 0 Å². The fraction of sp³-hybridized carbons (Fsp3) is 0.550. The van der Waals surface area contributed by atoms with Crippen molar-refractivity contribution in [3.8, 4) is 0 Å². The maximum Gasteiger partial charge on any atom is 0.214 e. The van der Waals surface area contributed by atoms with Crippen molar-refractivity contribution in [1.29, 1.82) is 0 Å². The summed E-state index contributed by atoms with van der Waals surface area (Å²) >= 11 is 0. The number of ether oxygens (including phenoxy) is 1. The van der Waals surface area contributed by atoms with Crippen LogP contribution in [0.5, 0.6) is 0 Å². The monoisotopic (exact) mass is 393 g/mol. The Morgan fingerprint density at radius 2 is 2.28 bits per heavy atom. The molecule has 2 bridgehead atoms. The molecule has 3 saturated heterocycles. The molecule has 150 valence electrons. The van der Waals surface area contributed by atoms with Crippen LogP contribution in [-0.2, 0) is 10.3 Å². The summed E-state index contributed by atoms with van der Waals surface area (Å²) in [5, 5.41) is 11.7. The van der Waals surface area contributed by atoms with E-state index in [-0.39, 0.29) is 11.7 Å². The number of aryl methyl sites for hydroxylation is 1. The normalized spacial score (nSPS) is 30.8. The summed E-state index contributed by atoms with van der Waals surface area (Å²) in [5.41, 5.74) is 2.56. The maximum absolute atomic E-state index is 11.0. The van der Waals surface area contributed by atoms with Gasteiger partial charge in [-0.2, -0.15) is 5.10 Å². The van der Waals surface area contributed by atoms with Crippen molar-refractivity contribution in [2.24, 2.45) is 11.8 Å². The molecule has 9 heteroatoms. The highest BCUT2D eigenvalue weighted by Gasteiger charge is 2.66. The van der Waals surface area contributed by atoms with Crippen LogP contribution in [0.15, 0.2) is 12.3 Å². The topological polar surface area (TPSA) is 101 Å². The molecule has 0 spiro atoms. The molecule has 0 radical (unpaired) electrons. The molecule has 29 heavy (non-hydrogen) atoms. The lowest BCUT2D eigenvalue weighted by molar-refractivity contribution is -0.0345. The van der Waals surface area contributed by atoms with E-state index in [1.165, 1.54) is 12.1 Å². The van der Waals surface area contributed by atoms with E-state index < -0.39 is 5.60 Å². The van der Waals surface area contributed by atoms with Crippen LogP contribution in [0.1, 0.15) is 53.5 Å². The predicted octanol–water partition coefficient (Wildman–Crippen LogP) is 1.84. The molecule has 7 rings (SSSR count). The van der Waals surface area contributed by atoms with Gasteiger partial charge in [0.15, 0.2) is 17.8 Å². The van der Waals surface area contributed by atoms with Crippen molar-refractivity contribution < 1.29 is 9.53 Å². The molecule has 0 aromatic carbocycles. The Labute approximate surface area is 167 Å². The van der Waals surface area contributed by atoms with Gasteiger partial charge in [-0.05, 0) is 43.2 Å². The minimum absolute atomic E-state index is 0.000297. The number of rotatable bonds is 4. The molecule has 1 saturated carbocycles. The van der Waals surface area contributed by atoms with E-state index >= 15 is 0 Å². The number of aldehydes is 1. The van der Waals surface area contributed by atoms with Crippen LogP contribution < -0.4 is 4.90 Å².